The SMILES string of the molecule is CCn1ccnc1CN(C)S(=O)(=O)CC1CC2(C1)CC(C)(C)C2. The molecule has 1 heterocycles. The molecule has 130 valence electrons. The summed E-state index contributed by atoms with van der Waals surface area (Å²) < 4.78 is 28.6. The van der Waals surface area contributed by atoms with E-state index >= 15 is 0 Å². The van der Waals surface area contributed by atoms with Crippen LogP contribution in [0.2, 0.25) is 0 Å². The molecule has 6 heteroatoms. The van der Waals surface area contributed by atoms with Gasteiger partial charge in [0.05, 0.1) is 12.3 Å². The lowest BCUT2D eigenvalue weighted by atomic mass is 9.44. The van der Waals surface area contributed by atoms with E-state index in [4.69, 9.17) is 0 Å². The van der Waals surface area contributed by atoms with E-state index in [9.17, 15) is 8.42 Å². The predicted molar refractivity (Wildman–Crippen MR) is 91.3 cm³/mol. The van der Waals surface area contributed by atoms with Gasteiger partial charge in [0.1, 0.15) is 5.82 Å². The average Bonchev–Trinajstić information content (AvgIpc) is 2.81. The average molecular weight is 340 g/mol. The van der Waals surface area contributed by atoms with Crippen LogP contribution in [0.1, 0.15) is 52.3 Å². The van der Waals surface area contributed by atoms with Gasteiger partial charge in [-0.1, -0.05) is 13.8 Å². The van der Waals surface area contributed by atoms with Gasteiger partial charge in [-0.05, 0) is 49.4 Å². The molecule has 23 heavy (non-hydrogen) atoms. The van der Waals surface area contributed by atoms with Crippen molar-refractivity contribution < 1.29 is 8.42 Å². The first-order valence-electron chi connectivity index (χ1n) is 8.59. The molecule has 0 bridgehead atoms. The summed E-state index contributed by atoms with van der Waals surface area (Å²) in [6, 6.07) is 0. The molecule has 1 aromatic rings. The fourth-order valence-electron chi connectivity index (χ4n) is 5.05. The zero-order chi connectivity index (χ0) is 16.9. The van der Waals surface area contributed by atoms with Gasteiger partial charge in [0, 0.05) is 26.0 Å². The van der Waals surface area contributed by atoms with Crippen LogP contribution in [0.15, 0.2) is 12.4 Å². The number of aromatic nitrogens is 2. The van der Waals surface area contributed by atoms with Gasteiger partial charge in [-0.15, -0.1) is 0 Å². The third kappa shape index (κ3) is 3.33. The van der Waals surface area contributed by atoms with Gasteiger partial charge >= 0.3 is 0 Å². The second-order valence-corrected chi connectivity index (χ2v) is 10.6. The minimum Gasteiger partial charge on any atom is -0.334 e. The van der Waals surface area contributed by atoms with Gasteiger partial charge < -0.3 is 4.57 Å². The summed E-state index contributed by atoms with van der Waals surface area (Å²) in [5, 5.41) is 0. The maximum atomic E-state index is 12.6. The number of imidazole rings is 1. The highest BCUT2D eigenvalue weighted by atomic mass is 32.2. The quantitative estimate of drug-likeness (QED) is 0.801. The highest BCUT2D eigenvalue weighted by molar-refractivity contribution is 7.89. The van der Waals surface area contributed by atoms with Crippen molar-refractivity contribution in [3.63, 3.8) is 0 Å². The molecule has 0 radical (unpaired) electrons. The molecule has 5 nitrogen and oxygen atoms in total. The molecule has 2 aliphatic rings. The van der Waals surface area contributed by atoms with E-state index in [1.54, 1.807) is 13.2 Å². The van der Waals surface area contributed by atoms with Gasteiger partial charge in [0.25, 0.3) is 0 Å². The zero-order valence-corrected chi connectivity index (χ0v) is 15.6. The largest absolute Gasteiger partial charge is 0.334 e. The molecule has 1 spiro atoms. The molecule has 0 atom stereocenters. The fourth-order valence-corrected chi connectivity index (χ4v) is 6.45. The molecule has 1 aromatic heterocycles. The fraction of sp³-hybridized carbons (Fsp3) is 0.824. The van der Waals surface area contributed by atoms with E-state index in [1.807, 2.05) is 17.7 Å². The minimum absolute atomic E-state index is 0.290. The van der Waals surface area contributed by atoms with Crippen molar-refractivity contribution in [2.24, 2.45) is 16.7 Å². The Labute approximate surface area is 140 Å². The molecule has 2 aliphatic carbocycles. The number of rotatable bonds is 6. The first-order valence-corrected chi connectivity index (χ1v) is 10.2. The van der Waals surface area contributed by atoms with Crippen LogP contribution in [0, 0.1) is 16.7 Å². The molecular formula is C17H29N3O2S. The first-order chi connectivity index (χ1) is 10.6. The van der Waals surface area contributed by atoms with Gasteiger partial charge in [0.2, 0.25) is 10.0 Å². The van der Waals surface area contributed by atoms with Crippen molar-refractivity contribution in [1.29, 1.82) is 0 Å². The summed E-state index contributed by atoms with van der Waals surface area (Å²) in [5.41, 5.74) is 0.943. The number of hydrogen-bond donors (Lipinski definition) is 0. The van der Waals surface area contributed by atoms with Crippen LogP contribution in [-0.2, 0) is 23.1 Å². The Morgan fingerprint density at radius 3 is 2.57 bits per heavy atom. The Balaban J connectivity index is 1.54. The number of nitrogens with zero attached hydrogens (tertiary/aromatic N) is 3. The monoisotopic (exact) mass is 339 g/mol. The number of aryl methyl sites for hydroxylation is 1. The van der Waals surface area contributed by atoms with Crippen molar-refractivity contribution in [3.8, 4) is 0 Å². The molecule has 2 saturated carbocycles. The molecule has 0 amide bonds. The molecule has 0 aromatic carbocycles. The standard InChI is InChI=1S/C17H29N3O2S/c1-5-20-7-6-18-15(20)10-19(4)23(21,22)11-14-8-17(9-14)12-16(2,3)13-17/h6-7,14H,5,8-13H2,1-4H3. The maximum Gasteiger partial charge on any atom is 0.214 e. The van der Waals surface area contributed by atoms with E-state index in [1.165, 1.54) is 17.1 Å². The second-order valence-electron chi connectivity index (χ2n) is 8.46. The van der Waals surface area contributed by atoms with Crippen LogP contribution in [0.25, 0.3) is 0 Å². The van der Waals surface area contributed by atoms with Crippen molar-refractivity contribution >= 4 is 10.0 Å². The normalized spacial score (nSPS) is 23.0. The topological polar surface area (TPSA) is 55.2 Å². The smallest absolute Gasteiger partial charge is 0.214 e. The van der Waals surface area contributed by atoms with Gasteiger partial charge in [-0.25, -0.2) is 13.4 Å². The van der Waals surface area contributed by atoms with Crippen molar-refractivity contribution in [2.45, 2.75) is 59.5 Å². The molecule has 3 rings (SSSR count). The zero-order valence-electron chi connectivity index (χ0n) is 14.7. The Kier molecular flexibility index (Phi) is 4.12. The van der Waals surface area contributed by atoms with Crippen LogP contribution in [0.5, 0.6) is 0 Å². The Morgan fingerprint density at radius 2 is 2.00 bits per heavy atom. The Hall–Kier alpha value is -0.880. The molecule has 0 saturated heterocycles. The summed E-state index contributed by atoms with van der Waals surface area (Å²) in [4.78, 5) is 4.27. The van der Waals surface area contributed by atoms with Crippen LogP contribution in [0.3, 0.4) is 0 Å². The molecule has 0 aliphatic heterocycles. The summed E-state index contributed by atoms with van der Waals surface area (Å²) in [6.07, 6.45) is 8.33. The highest BCUT2D eigenvalue weighted by Crippen LogP contribution is 2.66. The third-order valence-electron chi connectivity index (χ3n) is 5.58. The van der Waals surface area contributed by atoms with E-state index in [0.717, 1.165) is 25.2 Å². The van der Waals surface area contributed by atoms with Crippen LogP contribution in [0.4, 0.5) is 0 Å². The van der Waals surface area contributed by atoms with E-state index in [2.05, 4.69) is 18.8 Å². The maximum absolute atomic E-state index is 12.6. The van der Waals surface area contributed by atoms with Gasteiger partial charge in [-0.3, -0.25) is 0 Å². The lowest BCUT2D eigenvalue weighted by Crippen LogP contribution is -2.53. The second kappa shape index (κ2) is 5.59. The van der Waals surface area contributed by atoms with Crippen LogP contribution in [-0.4, -0.2) is 35.1 Å². The number of hydrogen-bond acceptors (Lipinski definition) is 3. The van der Waals surface area contributed by atoms with Crippen molar-refractivity contribution in [1.82, 2.24) is 13.9 Å². The van der Waals surface area contributed by atoms with Crippen molar-refractivity contribution in [3.05, 3.63) is 18.2 Å². The van der Waals surface area contributed by atoms with E-state index in [-0.39, 0.29) is 0 Å². The Bertz CT molecular complexity index is 662. The van der Waals surface area contributed by atoms with Crippen LogP contribution >= 0.6 is 0 Å². The number of sulfonamides is 1. The molecule has 0 N–H and O–H groups in total. The third-order valence-corrected chi connectivity index (χ3v) is 7.55. The Morgan fingerprint density at radius 1 is 1.35 bits per heavy atom. The summed E-state index contributed by atoms with van der Waals surface area (Å²) in [7, 11) is -1.53. The summed E-state index contributed by atoms with van der Waals surface area (Å²) in [6.45, 7) is 7.82. The van der Waals surface area contributed by atoms with Gasteiger partial charge in [-0.2, -0.15) is 4.31 Å². The van der Waals surface area contributed by atoms with Crippen molar-refractivity contribution in [2.75, 3.05) is 12.8 Å². The predicted octanol–water partition coefficient (Wildman–Crippen LogP) is 2.88. The lowest BCUT2D eigenvalue weighted by molar-refractivity contribution is -0.104. The van der Waals surface area contributed by atoms with E-state index in [0.29, 0.717) is 29.0 Å². The van der Waals surface area contributed by atoms with E-state index < -0.39 is 10.0 Å². The van der Waals surface area contributed by atoms with Crippen LogP contribution < -0.4 is 0 Å². The molecule has 2 fully saturated rings. The minimum atomic E-state index is -3.20. The van der Waals surface area contributed by atoms with Gasteiger partial charge in [0.15, 0.2) is 0 Å². The lowest BCUT2D eigenvalue weighted by Gasteiger charge is -2.62. The summed E-state index contributed by atoms with van der Waals surface area (Å²) >= 11 is 0. The molecule has 0 unspecified atom stereocenters. The highest BCUT2D eigenvalue weighted by Gasteiger charge is 2.56. The summed E-state index contributed by atoms with van der Waals surface area (Å²) in [5.74, 6) is 1.44. The first kappa shape index (κ1) is 17.0. The molecular weight excluding hydrogens is 310 g/mol.